The lowest BCUT2D eigenvalue weighted by molar-refractivity contribution is 0.595. The Morgan fingerprint density at radius 3 is 1.31 bits per heavy atom. The van der Waals surface area contributed by atoms with Gasteiger partial charge in [-0.1, -0.05) is 12.1 Å². The van der Waals surface area contributed by atoms with Gasteiger partial charge >= 0.3 is 0 Å². The molecule has 62 heavy (non-hydrogen) atoms. The quantitative estimate of drug-likeness (QED) is 0.118. The van der Waals surface area contributed by atoms with E-state index in [2.05, 4.69) is 40.8 Å². The van der Waals surface area contributed by atoms with Crippen LogP contribution in [0.25, 0.3) is 21.8 Å². The minimum Gasteiger partial charge on any atom is -0.329 e. The number of aryl methyl sites for hydroxylation is 6. The van der Waals surface area contributed by atoms with Gasteiger partial charge in [-0.3, -0.25) is 9.36 Å². The van der Waals surface area contributed by atoms with E-state index in [1.807, 2.05) is 97.6 Å². The van der Waals surface area contributed by atoms with Crippen LogP contribution in [0, 0.1) is 27.7 Å². The number of sulfonamides is 2. The highest BCUT2D eigenvalue weighted by Gasteiger charge is 2.16. The van der Waals surface area contributed by atoms with Crippen molar-refractivity contribution in [1.29, 1.82) is 0 Å². The van der Waals surface area contributed by atoms with E-state index in [1.165, 1.54) is 12.1 Å². The minimum atomic E-state index is -3.82. The summed E-state index contributed by atoms with van der Waals surface area (Å²) in [5.41, 5.74) is 8.09. The summed E-state index contributed by atoms with van der Waals surface area (Å²) in [5, 5.41) is 28.0. The zero-order valence-corrected chi connectivity index (χ0v) is 36.9. The van der Waals surface area contributed by atoms with Crippen LogP contribution >= 0.6 is 0 Å². The van der Waals surface area contributed by atoms with Crippen LogP contribution in [0.2, 0.25) is 0 Å². The number of benzene rings is 4. The predicted octanol–water partition coefficient (Wildman–Crippen LogP) is 6.28. The second kappa shape index (κ2) is 16.8. The second-order valence-corrected chi connectivity index (χ2v) is 17.8. The predicted molar refractivity (Wildman–Crippen MR) is 243 cm³/mol. The monoisotopic (exact) mass is 874 g/mol. The Kier molecular flexibility index (Phi) is 11.7. The van der Waals surface area contributed by atoms with Gasteiger partial charge in [0.2, 0.25) is 31.9 Å². The Labute approximate surface area is 359 Å². The maximum absolute atomic E-state index is 11.8. The van der Waals surface area contributed by atoms with Crippen LogP contribution in [0.1, 0.15) is 22.5 Å². The number of hydrogen-bond donors (Lipinski definition) is 4. The molecule has 18 nitrogen and oxygen atoms in total. The molecule has 8 rings (SSSR count). The van der Waals surface area contributed by atoms with Gasteiger partial charge in [0.05, 0.1) is 20.8 Å². The Hall–Kier alpha value is -7.00. The molecule has 0 aliphatic carbocycles. The van der Waals surface area contributed by atoms with Crippen LogP contribution in [0.4, 0.5) is 46.3 Å². The topological polar surface area (TPSA) is 238 Å². The molecule has 0 amide bonds. The van der Waals surface area contributed by atoms with Crippen molar-refractivity contribution in [3.63, 3.8) is 0 Å². The van der Waals surface area contributed by atoms with Crippen LogP contribution in [0.15, 0.2) is 107 Å². The van der Waals surface area contributed by atoms with E-state index in [4.69, 9.17) is 10.3 Å². The van der Waals surface area contributed by atoms with Crippen LogP contribution < -0.4 is 30.7 Å². The van der Waals surface area contributed by atoms with Crippen molar-refractivity contribution in [1.82, 2.24) is 39.5 Å². The maximum Gasteiger partial charge on any atom is 0.238 e. The molecule has 320 valence electrons. The lowest BCUT2D eigenvalue weighted by atomic mass is 10.2. The van der Waals surface area contributed by atoms with E-state index in [-0.39, 0.29) is 9.79 Å². The molecule has 0 spiro atoms. The number of rotatable bonds is 10. The first-order chi connectivity index (χ1) is 29.3. The Balaban J connectivity index is 0.000000186. The molecule has 4 aromatic carbocycles. The van der Waals surface area contributed by atoms with Crippen LogP contribution in [-0.4, -0.2) is 70.4 Å². The molecule has 0 aliphatic rings. The number of hydrogen-bond acceptors (Lipinski definition) is 14. The number of nitrogens with zero attached hydrogens (tertiary/aromatic N) is 10. The Morgan fingerprint density at radius 2 is 0.935 bits per heavy atom. The summed E-state index contributed by atoms with van der Waals surface area (Å²) in [6.07, 6.45) is 3.28. The molecule has 0 saturated carbocycles. The Bertz CT molecular complexity index is 3010. The van der Waals surface area contributed by atoms with Gasteiger partial charge in [-0.25, -0.2) is 37.1 Å². The van der Waals surface area contributed by atoms with Gasteiger partial charge in [0, 0.05) is 85.5 Å². The second-order valence-electron chi connectivity index (χ2n) is 14.7. The van der Waals surface area contributed by atoms with E-state index in [1.54, 1.807) is 62.6 Å². The van der Waals surface area contributed by atoms with Gasteiger partial charge in [-0.15, -0.1) is 0 Å². The van der Waals surface area contributed by atoms with Crippen molar-refractivity contribution in [3.05, 3.63) is 120 Å². The molecule has 0 fully saturated rings. The first kappa shape index (κ1) is 43.1. The van der Waals surface area contributed by atoms with Crippen molar-refractivity contribution in [2.24, 2.45) is 24.4 Å². The summed E-state index contributed by atoms with van der Waals surface area (Å²) in [6.45, 7) is 7.45. The van der Waals surface area contributed by atoms with Crippen molar-refractivity contribution in [2.45, 2.75) is 37.5 Å². The van der Waals surface area contributed by atoms with E-state index in [0.717, 1.165) is 44.6 Å². The third kappa shape index (κ3) is 9.17. The van der Waals surface area contributed by atoms with Crippen LogP contribution in [-0.2, 0) is 34.1 Å². The van der Waals surface area contributed by atoms with Gasteiger partial charge in [0.25, 0.3) is 0 Å². The molecule has 0 saturated heterocycles. The normalized spacial score (nSPS) is 11.6. The SMILES string of the molecule is Cc1ccc(Nc2nccc(N(C)c3ccc4c(C)n(C)nc4c3)n2)cc1S(N)(=O)=O.Cc1ccc(Nc2nccc(N(C)c3ccc4c(C)n(C)nc4c3)n2)cc1S(N)(=O)=O. The number of anilines is 8. The molecule has 4 heterocycles. The van der Waals surface area contributed by atoms with Crippen molar-refractivity contribution >= 4 is 88.1 Å². The molecule has 0 bridgehead atoms. The van der Waals surface area contributed by atoms with Gasteiger partial charge in [0.1, 0.15) is 11.6 Å². The lowest BCUT2D eigenvalue weighted by Crippen LogP contribution is -2.14. The molecule has 0 atom stereocenters. The van der Waals surface area contributed by atoms with Gasteiger partial charge in [0.15, 0.2) is 0 Å². The molecule has 4 aromatic heterocycles. The molecule has 20 heteroatoms. The molecule has 6 N–H and O–H groups in total. The molecular formula is C42H46N14O4S2. The molecule has 0 radical (unpaired) electrons. The summed E-state index contributed by atoms with van der Waals surface area (Å²) < 4.78 is 50.8. The third-order valence-electron chi connectivity index (χ3n) is 10.5. The van der Waals surface area contributed by atoms with Crippen LogP contribution in [0.5, 0.6) is 0 Å². The number of primary sulfonamides is 2. The fraction of sp³-hybridized carbons (Fsp3) is 0.190. The summed E-state index contributed by atoms with van der Waals surface area (Å²) in [6, 6.07) is 25.6. The number of aromatic nitrogens is 8. The zero-order valence-electron chi connectivity index (χ0n) is 35.3. The fourth-order valence-corrected chi connectivity index (χ4v) is 8.36. The fourth-order valence-electron chi connectivity index (χ4n) is 6.74. The summed E-state index contributed by atoms with van der Waals surface area (Å²) in [4.78, 5) is 21.6. The van der Waals surface area contributed by atoms with Crippen molar-refractivity contribution in [3.8, 4) is 0 Å². The van der Waals surface area contributed by atoms with E-state index >= 15 is 0 Å². The number of nitrogens with two attached hydrogens (primary N) is 2. The average molecular weight is 875 g/mol. The molecular weight excluding hydrogens is 829 g/mol. The maximum atomic E-state index is 11.8. The molecule has 0 aliphatic heterocycles. The highest BCUT2D eigenvalue weighted by molar-refractivity contribution is 7.89. The largest absolute Gasteiger partial charge is 0.329 e. The smallest absolute Gasteiger partial charge is 0.238 e. The van der Waals surface area contributed by atoms with Crippen molar-refractivity contribution < 1.29 is 16.8 Å². The highest BCUT2D eigenvalue weighted by Crippen LogP contribution is 2.30. The standard InChI is InChI=1S/2C21H23N7O2S/c2*1-13-5-6-15(11-19(13)31(22,29)30)24-21-23-10-9-20(25-21)27(3)16-7-8-17-14(2)28(4)26-18(17)12-16/h2*5-12H,1-4H3,(H2,22,29,30)(H,23,24,25). The van der Waals surface area contributed by atoms with Crippen molar-refractivity contribution in [2.75, 3.05) is 34.5 Å². The molecule has 0 unspecified atom stereocenters. The number of nitrogens with one attached hydrogen (secondary N) is 2. The summed E-state index contributed by atoms with van der Waals surface area (Å²) in [5.74, 6) is 2.01. The van der Waals surface area contributed by atoms with E-state index in [9.17, 15) is 16.8 Å². The lowest BCUT2D eigenvalue weighted by Gasteiger charge is -2.19. The first-order valence-electron chi connectivity index (χ1n) is 19.1. The molecule has 8 aromatic rings. The van der Waals surface area contributed by atoms with E-state index < -0.39 is 20.0 Å². The summed E-state index contributed by atoms with van der Waals surface area (Å²) in [7, 11) is 0.0258. The van der Waals surface area contributed by atoms with E-state index in [0.29, 0.717) is 46.0 Å². The Morgan fingerprint density at radius 1 is 0.548 bits per heavy atom. The number of fused-ring (bicyclic) bond motifs is 2. The zero-order chi connectivity index (χ0) is 44.7. The first-order valence-corrected chi connectivity index (χ1v) is 22.2. The minimum absolute atomic E-state index is 0.0599. The van der Waals surface area contributed by atoms with Crippen LogP contribution in [0.3, 0.4) is 0 Å². The highest BCUT2D eigenvalue weighted by atomic mass is 32.2. The summed E-state index contributed by atoms with van der Waals surface area (Å²) >= 11 is 0. The van der Waals surface area contributed by atoms with Gasteiger partial charge in [-0.05, 0) is 112 Å². The van der Waals surface area contributed by atoms with Gasteiger partial charge in [-0.2, -0.15) is 20.2 Å². The van der Waals surface area contributed by atoms with Gasteiger partial charge < -0.3 is 20.4 Å². The average Bonchev–Trinajstić information content (AvgIpc) is 3.68. The third-order valence-corrected chi connectivity index (χ3v) is 12.6.